The van der Waals surface area contributed by atoms with Gasteiger partial charge in [0.2, 0.25) is 5.89 Å². The molecule has 2 aromatic carbocycles. The van der Waals surface area contributed by atoms with Crippen LogP contribution in [0.5, 0.6) is 11.5 Å². The summed E-state index contributed by atoms with van der Waals surface area (Å²) < 4.78 is 41.2. The number of hydrogen-bond acceptors (Lipinski definition) is 9. The fraction of sp³-hybridized carbons (Fsp3) is 0.167. The van der Waals surface area contributed by atoms with E-state index >= 15 is 0 Å². The lowest BCUT2D eigenvalue weighted by atomic mass is 10.2. The molecule has 0 spiro atoms. The third kappa shape index (κ3) is 4.54. The molecular formula is C18H14F2N6O3S. The molecule has 0 atom stereocenters. The molecule has 30 heavy (non-hydrogen) atoms. The van der Waals surface area contributed by atoms with Gasteiger partial charge in [-0.15, -0.1) is 15.3 Å². The van der Waals surface area contributed by atoms with E-state index in [1.807, 2.05) is 12.1 Å². The molecule has 12 heteroatoms. The highest BCUT2D eigenvalue weighted by Crippen LogP contribution is 2.27. The summed E-state index contributed by atoms with van der Waals surface area (Å²) in [7, 11) is 1.59. The summed E-state index contributed by atoms with van der Waals surface area (Å²) in [6.45, 7) is -2.88. The van der Waals surface area contributed by atoms with Gasteiger partial charge in [-0.3, -0.25) is 0 Å². The summed E-state index contributed by atoms with van der Waals surface area (Å²) in [6, 6.07) is 13.2. The van der Waals surface area contributed by atoms with Gasteiger partial charge in [-0.05, 0) is 59.0 Å². The van der Waals surface area contributed by atoms with Gasteiger partial charge in [-0.2, -0.15) is 13.5 Å². The van der Waals surface area contributed by atoms with Crippen LogP contribution >= 0.6 is 11.8 Å². The van der Waals surface area contributed by atoms with Gasteiger partial charge in [0.25, 0.3) is 5.22 Å². The Labute approximate surface area is 173 Å². The molecule has 2 heterocycles. The predicted molar refractivity (Wildman–Crippen MR) is 102 cm³/mol. The van der Waals surface area contributed by atoms with Crippen molar-refractivity contribution in [3.8, 4) is 28.6 Å². The average Bonchev–Trinajstić information content (AvgIpc) is 3.42. The highest BCUT2D eigenvalue weighted by Gasteiger charge is 2.14. The molecule has 4 aromatic rings. The number of benzene rings is 2. The van der Waals surface area contributed by atoms with Crippen molar-refractivity contribution in [3.63, 3.8) is 0 Å². The van der Waals surface area contributed by atoms with E-state index in [1.165, 1.54) is 28.6 Å². The first-order valence-electron chi connectivity index (χ1n) is 8.55. The van der Waals surface area contributed by atoms with Crippen LogP contribution in [-0.2, 0) is 5.75 Å². The van der Waals surface area contributed by atoms with Crippen LogP contribution in [0.1, 0.15) is 5.82 Å². The molecule has 0 saturated heterocycles. The van der Waals surface area contributed by atoms with E-state index in [4.69, 9.17) is 9.15 Å². The van der Waals surface area contributed by atoms with Crippen LogP contribution in [0.3, 0.4) is 0 Å². The minimum Gasteiger partial charge on any atom is -0.497 e. The highest BCUT2D eigenvalue weighted by atomic mass is 32.2. The first-order chi connectivity index (χ1) is 14.6. The predicted octanol–water partition coefficient (Wildman–Crippen LogP) is 3.61. The number of halogens is 2. The van der Waals surface area contributed by atoms with Gasteiger partial charge < -0.3 is 13.9 Å². The van der Waals surface area contributed by atoms with Crippen LogP contribution in [0.15, 0.2) is 58.2 Å². The molecule has 0 aliphatic carbocycles. The van der Waals surface area contributed by atoms with Gasteiger partial charge in [-0.25, -0.2) is 0 Å². The largest absolute Gasteiger partial charge is 0.497 e. The quantitative estimate of drug-likeness (QED) is 0.386. The van der Waals surface area contributed by atoms with Crippen molar-refractivity contribution >= 4 is 11.8 Å². The molecule has 9 nitrogen and oxygen atoms in total. The number of nitrogens with zero attached hydrogens (tertiary/aromatic N) is 6. The highest BCUT2D eigenvalue weighted by molar-refractivity contribution is 7.98. The van der Waals surface area contributed by atoms with Gasteiger partial charge in [0.05, 0.1) is 18.6 Å². The standard InChI is InChI=1S/C18H14F2N6O3S/c1-27-13-6-2-11(3-7-13)16-22-23-18(29-16)30-10-15-21-24-25-26(15)12-4-8-14(9-5-12)28-17(19)20/h2-9,17H,10H2,1H3. The Morgan fingerprint density at radius 1 is 1.00 bits per heavy atom. The minimum absolute atomic E-state index is 0.0506. The number of hydrogen-bond donors (Lipinski definition) is 0. The second-order valence-electron chi connectivity index (χ2n) is 5.77. The maximum absolute atomic E-state index is 12.3. The number of thioether (sulfide) groups is 1. The zero-order chi connectivity index (χ0) is 20.9. The Hall–Kier alpha value is -3.54. The van der Waals surface area contributed by atoms with Crippen molar-refractivity contribution in [2.75, 3.05) is 7.11 Å². The van der Waals surface area contributed by atoms with Crippen LogP contribution < -0.4 is 9.47 Å². The second-order valence-corrected chi connectivity index (χ2v) is 6.70. The van der Waals surface area contributed by atoms with Gasteiger partial charge in [0.1, 0.15) is 11.5 Å². The van der Waals surface area contributed by atoms with E-state index < -0.39 is 6.61 Å². The van der Waals surface area contributed by atoms with E-state index in [-0.39, 0.29) is 5.75 Å². The fourth-order valence-corrected chi connectivity index (χ4v) is 3.18. The van der Waals surface area contributed by atoms with Crippen molar-refractivity contribution in [3.05, 3.63) is 54.4 Å². The molecular weight excluding hydrogens is 418 g/mol. The Bertz CT molecular complexity index is 1100. The topological polar surface area (TPSA) is 101 Å². The van der Waals surface area contributed by atoms with Crippen molar-refractivity contribution < 1.29 is 22.7 Å². The molecule has 0 fully saturated rings. The Kier molecular flexibility index (Phi) is 5.84. The molecule has 0 amide bonds. The number of rotatable bonds is 8. The maximum atomic E-state index is 12.3. The fourth-order valence-electron chi connectivity index (χ4n) is 2.51. The lowest BCUT2D eigenvalue weighted by Gasteiger charge is -2.06. The third-order valence-corrected chi connectivity index (χ3v) is 4.72. The number of ether oxygens (including phenoxy) is 2. The van der Waals surface area contributed by atoms with E-state index in [0.29, 0.717) is 28.4 Å². The van der Waals surface area contributed by atoms with Crippen molar-refractivity contribution in [2.45, 2.75) is 17.6 Å². The van der Waals surface area contributed by atoms with Gasteiger partial charge in [-0.1, -0.05) is 11.8 Å². The molecule has 0 saturated carbocycles. The van der Waals surface area contributed by atoms with Crippen molar-refractivity contribution in [2.24, 2.45) is 0 Å². The van der Waals surface area contributed by atoms with E-state index in [0.717, 1.165) is 11.3 Å². The zero-order valence-electron chi connectivity index (χ0n) is 15.5. The molecule has 0 aliphatic rings. The first-order valence-corrected chi connectivity index (χ1v) is 9.54. The van der Waals surface area contributed by atoms with Crippen molar-refractivity contribution in [1.29, 1.82) is 0 Å². The Morgan fingerprint density at radius 2 is 1.73 bits per heavy atom. The molecule has 154 valence electrons. The molecule has 0 unspecified atom stereocenters. The minimum atomic E-state index is -2.88. The lowest BCUT2D eigenvalue weighted by Crippen LogP contribution is -2.04. The van der Waals surface area contributed by atoms with E-state index in [1.54, 1.807) is 31.4 Å². The number of methoxy groups -OCH3 is 1. The number of alkyl halides is 2. The van der Waals surface area contributed by atoms with Gasteiger partial charge in [0, 0.05) is 5.56 Å². The van der Waals surface area contributed by atoms with E-state index in [2.05, 4.69) is 30.5 Å². The Morgan fingerprint density at radius 3 is 2.43 bits per heavy atom. The molecule has 0 N–H and O–H groups in total. The van der Waals surface area contributed by atoms with Crippen LogP contribution in [0, 0.1) is 0 Å². The van der Waals surface area contributed by atoms with Crippen LogP contribution in [0.2, 0.25) is 0 Å². The maximum Gasteiger partial charge on any atom is 0.387 e. The van der Waals surface area contributed by atoms with E-state index in [9.17, 15) is 8.78 Å². The third-order valence-electron chi connectivity index (χ3n) is 3.91. The molecule has 0 aliphatic heterocycles. The normalized spacial score (nSPS) is 11.1. The zero-order valence-corrected chi connectivity index (χ0v) is 16.3. The summed E-state index contributed by atoms with van der Waals surface area (Å²) in [4.78, 5) is 0. The SMILES string of the molecule is COc1ccc(-c2nnc(SCc3nnnn3-c3ccc(OC(F)F)cc3)o2)cc1. The summed E-state index contributed by atoms with van der Waals surface area (Å²) in [5, 5.41) is 20.0. The smallest absolute Gasteiger partial charge is 0.387 e. The summed E-state index contributed by atoms with van der Waals surface area (Å²) >= 11 is 1.27. The number of aromatic nitrogens is 6. The lowest BCUT2D eigenvalue weighted by molar-refractivity contribution is -0.0498. The average molecular weight is 432 g/mol. The Balaban J connectivity index is 1.43. The first kappa shape index (κ1) is 19.8. The monoisotopic (exact) mass is 432 g/mol. The van der Waals surface area contributed by atoms with Crippen LogP contribution in [-0.4, -0.2) is 44.1 Å². The molecule has 4 rings (SSSR count). The van der Waals surface area contributed by atoms with Gasteiger partial charge >= 0.3 is 6.61 Å². The summed E-state index contributed by atoms with van der Waals surface area (Å²) in [5.74, 6) is 2.04. The summed E-state index contributed by atoms with van der Waals surface area (Å²) in [6.07, 6.45) is 0. The number of tetrazole rings is 1. The molecule has 0 bridgehead atoms. The summed E-state index contributed by atoms with van der Waals surface area (Å²) in [5.41, 5.74) is 1.37. The molecule has 0 radical (unpaired) electrons. The van der Waals surface area contributed by atoms with Gasteiger partial charge in [0.15, 0.2) is 5.82 Å². The molecule has 2 aromatic heterocycles. The van der Waals surface area contributed by atoms with Crippen LogP contribution in [0.4, 0.5) is 8.78 Å². The van der Waals surface area contributed by atoms with Crippen molar-refractivity contribution in [1.82, 2.24) is 30.4 Å². The second kappa shape index (κ2) is 8.86. The van der Waals surface area contributed by atoms with Crippen LogP contribution in [0.25, 0.3) is 17.1 Å².